The molecule has 2 N–H and O–H groups in total. The van der Waals surface area contributed by atoms with Crippen LogP contribution in [0, 0.1) is 17.8 Å². The zero-order valence-corrected chi connectivity index (χ0v) is 12.9. The third-order valence-electron chi connectivity index (χ3n) is 5.13. The summed E-state index contributed by atoms with van der Waals surface area (Å²) in [5.74, 6) is 2.95. The van der Waals surface area contributed by atoms with Gasteiger partial charge in [-0.2, -0.15) is 0 Å². The lowest BCUT2D eigenvalue weighted by molar-refractivity contribution is 0.186. The van der Waals surface area contributed by atoms with E-state index in [4.69, 9.17) is 5.73 Å². The molecule has 0 spiro atoms. The highest BCUT2D eigenvalue weighted by molar-refractivity contribution is 5.27. The molecule has 4 unspecified atom stereocenters. The first-order valence-corrected chi connectivity index (χ1v) is 7.84. The second-order valence-corrected chi connectivity index (χ2v) is 6.87. The van der Waals surface area contributed by atoms with E-state index >= 15 is 0 Å². The van der Waals surface area contributed by atoms with Gasteiger partial charge in [0, 0.05) is 6.04 Å². The van der Waals surface area contributed by atoms with Crippen LogP contribution in [0.25, 0.3) is 0 Å². The Bertz CT molecular complexity index is 393. The quantitative estimate of drug-likeness (QED) is 0.822. The molecule has 1 aliphatic carbocycles. The minimum atomic E-state index is 0.219. The molecule has 0 radical (unpaired) electrons. The number of hydrogen-bond acceptors (Lipinski definition) is 1. The highest BCUT2D eigenvalue weighted by Gasteiger charge is 2.29. The second kappa shape index (κ2) is 6.09. The van der Waals surface area contributed by atoms with Gasteiger partial charge in [-0.3, -0.25) is 0 Å². The summed E-state index contributed by atoms with van der Waals surface area (Å²) in [5.41, 5.74) is 9.22. The fourth-order valence-corrected chi connectivity index (χ4v) is 3.29. The van der Waals surface area contributed by atoms with E-state index in [1.807, 2.05) is 0 Å². The van der Waals surface area contributed by atoms with Gasteiger partial charge in [0.1, 0.15) is 0 Å². The molecule has 4 atom stereocenters. The molecule has 106 valence electrons. The fraction of sp³-hybridized carbons (Fsp3) is 0.667. The molecular formula is C18H29N. The van der Waals surface area contributed by atoms with Crippen molar-refractivity contribution in [2.75, 3.05) is 0 Å². The van der Waals surface area contributed by atoms with Crippen LogP contribution in [0.15, 0.2) is 24.3 Å². The van der Waals surface area contributed by atoms with Crippen LogP contribution in [-0.2, 0) is 0 Å². The summed E-state index contributed by atoms with van der Waals surface area (Å²) in [7, 11) is 0. The highest BCUT2D eigenvalue weighted by Crippen LogP contribution is 2.38. The van der Waals surface area contributed by atoms with Gasteiger partial charge in [-0.25, -0.2) is 0 Å². The molecule has 1 nitrogen and oxygen atoms in total. The maximum absolute atomic E-state index is 6.50. The van der Waals surface area contributed by atoms with E-state index in [0.29, 0.717) is 11.8 Å². The van der Waals surface area contributed by atoms with Crippen LogP contribution in [0.1, 0.15) is 70.0 Å². The van der Waals surface area contributed by atoms with E-state index < -0.39 is 0 Å². The number of hydrogen-bond donors (Lipinski definition) is 1. The molecule has 0 saturated heterocycles. The lowest BCUT2D eigenvalue weighted by Gasteiger charge is -2.35. The van der Waals surface area contributed by atoms with Crippen molar-refractivity contribution in [1.29, 1.82) is 0 Å². The largest absolute Gasteiger partial charge is 0.324 e. The van der Waals surface area contributed by atoms with Crippen molar-refractivity contribution in [2.24, 2.45) is 23.5 Å². The molecule has 0 amide bonds. The first-order chi connectivity index (χ1) is 8.99. The average Bonchev–Trinajstić information content (AvgIpc) is 2.41. The van der Waals surface area contributed by atoms with Crippen molar-refractivity contribution in [3.63, 3.8) is 0 Å². The van der Waals surface area contributed by atoms with E-state index in [1.165, 1.54) is 30.4 Å². The molecule has 0 bridgehead atoms. The standard InChI is InChI=1S/C18H29N/c1-12(2)15-7-9-16(10-8-15)18(19)17-6-5-13(3)14(4)11-17/h7-10,12-14,17-18H,5-6,11,19H2,1-4H3. The summed E-state index contributed by atoms with van der Waals surface area (Å²) in [6, 6.07) is 9.19. The van der Waals surface area contributed by atoms with Crippen LogP contribution in [0.3, 0.4) is 0 Å². The van der Waals surface area contributed by atoms with Crippen molar-refractivity contribution >= 4 is 0 Å². The highest BCUT2D eigenvalue weighted by atomic mass is 14.7. The van der Waals surface area contributed by atoms with Gasteiger partial charge in [-0.1, -0.05) is 58.4 Å². The van der Waals surface area contributed by atoms with Crippen LogP contribution in [0.5, 0.6) is 0 Å². The number of rotatable bonds is 3. The molecule has 0 heterocycles. The van der Waals surface area contributed by atoms with Crippen molar-refractivity contribution < 1.29 is 0 Å². The molecule has 0 aromatic heterocycles. The lowest BCUT2D eigenvalue weighted by atomic mass is 9.72. The molecule has 1 saturated carbocycles. The molecular weight excluding hydrogens is 230 g/mol. The summed E-state index contributed by atoms with van der Waals surface area (Å²) in [6.07, 6.45) is 3.91. The van der Waals surface area contributed by atoms with Gasteiger partial charge >= 0.3 is 0 Å². The predicted octanol–water partition coefficient (Wildman–Crippen LogP) is 4.88. The summed E-state index contributed by atoms with van der Waals surface area (Å²) < 4.78 is 0. The van der Waals surface area contributed by atoms with Crippen molar-refractivity contribution in [3.05, 3.63) is 35.4 Å². The Kier molecular flexibility index (Phi) is 4.67. The van der Waals surface area contributed by atoms with Crippen LogP contribution in [0.2, 0.25) is 0 Å². The summed E-state index contributed by atoms with van der Waals surface area (Å²) in [5, 5.41) is 0. The summed E-state index contributed by atoms with van der Waals surface area (Å²) >= 11 is 0. The van der Waals surface area contributed by atoms with E-state index in [-0.39, 0.29) is 6.04 Å². The zero-order valence-electron chi connectivity index (χ0n) is 12.9. The van der Waals surface area contributed by atoms with Crippen LogP contribution >= 0.6 is 0 Å². The smallest absolute Gasteiger partial charge is 0.0323 e. The topological polar surface area (TPSA) is 26.0 Å². The predicted molar refractivity (Wildman–Crippen MR) is 83.1 cm³/mol. The molecule has 1 aromatic carbocycles. The molecule has 1 aromatic rings. The normalized spacial score (nSPS) is 29.5. The van der Waals surface area contributed by atoms with Crippen molar-refractivity contribution in [1.82, 2.24) is 0 Å². The monoisotopic (exact) mass is 259 g/mol. The minimum absolute atomic E-state index is 0.219. The zero-order chi connectivity index (χ0) is 14.0. The summed E-state index contributed by atoms with van der Waals surface area (Å²) in [4.78, 5) is 0. The Morgan fingerprint density at radius 3 is 2.05 bits per heavy atom. The van der Waals surface area contributed by atoms with Gasteiger partial charge in [0.2, 0.25) is 0 Å². The minimum Gasteiger partial charge on any atom is -0.324 e. The van der Waals surface area contributed by atoms with E-state index in [1.54, 1.807) is 0 Å². The first kappa shape index (κ1) is 14.6. The van der Waals surface area contributed by atoms with Crippen LogP contribution in [0.4, 0.5) is 0 Å². The Hall–Kier alpha value is -0.820. The molecule has 1 heteroatoms. The van der Waals surface area contributed by atoms with Crippen molar-refractivity contribution in [3.8, 4) is 0 Å². The third kappa shape index (κ3) is 3.39. The van der Waals surface area contributed by atoms with Gasteiger partial charge in [-0.15, -0.1) is 0 Å². The fourth-order valence-electron chi connectivity index (χ4n) is 3.29. The molecule has 2 rings (SSSR count). The van der Waals surface area contributed by atoms with Gasteiger partial charge in [0.25, 0.3) is 0 Å². The van der Waals surface area contributed by atoms with Crippen LogP contribution < -0.4 is 5.73 Å². The Morgan fingerprint density at radius 1 is 0.947 bits per heavy atom. The first-order valence-electron chi connectivity index (χ1n) is 7.84. The van der Waals surface area contributed by atoms with Gasteiger partial charge in [-0.05, 0) is 47.6 Å². The lowest BCUT2D eigenvalue weighted by Crippen LogP contribution is -2.29. The van der Waals surface area contributed by atoms with Gasteiger partial charge < -0.3 is 5.73 Å². The van der Waals surface area contributed by atoms with Crippen LogP contribution in [-0.4, -0.2) is 0 Å². The summed E-state index contributed by atoms with van der Waals surface area (Å²) in [6.45, 7) is 9.23. The third-order valence-corrected chi connectivity index (χ3v) is 5.13. The molecule has 0 aliphatic heterocycles. The Balaban J connectivity index is 2.05. The van der Waals surface area contributed by atoms with E-state index in [9.17, 15) is 0 Å². The number of nitrogens with two attached hydrogens (primary N) is 1. The SMILES string of the molecule is CC(C)c1ccc(C(N)C2CCC(C)C(C)C2)cc1. The van der Waals surface area contributed by atoms with Crippen molar-refractivity contribution in [2.45, 2.75) is 58.9 Å². The van der Waals surface area contributed by atoms with E-state index in [0.717, 1.165) is 11.8 Å². The number of benzene rings is 1. The average molecular weight is 259 g/mol. The van der Waals surface area contributed by atoms with E-state index in [2.05, 4.69) is 52.0 Å². The van der Waals surface area contributed by atoms with Gasteiger partial charge in [0.15, 0.2) is 0 Å². The van der Waals surface area contributed by atoms with Gasteiger partial charge in [0.05, 0.1) is 0 Å². The Morgan fingerprint density at radius 2 is 1.53 bits per heavy atom. The second-order valence-electron chi connectivity index (χ2n) is 6.87. The molecule has 1 aliphatic rings. The Labute approximate surface area is 118 Å². The molecule has 19 heavy (non-hydrogen) atoms. The maximum atomic E-state index is 6.50. The maximum Gasteiger partial charge on any atom is 0.0323 e. The molecule has 1 fully saturated rings.